The van der Waals surface area contributed by atoms with E-state index in [0.717, 1.165) is 5.56 Å². The average molecular weight is 392 g/mol. The summed E-state index contributed by atoms with van der Waals surface area (Å²) >= 11 is 1.29. The van der Waals surface area contributed by atoms with Gasteiger partial charge in [-0.05, 0) is 19.1 Å². The lowest BCUT2D eigenvalue weighted by Gasteiger charge is -2.06. The first-order chi connectivity index (χ1) is 12.3. The van der Waals surface area contributed by atoms with Gasteiger partial charge in [-0.1, -0.05) is 17.7 Å². The number of aromatic nitrogens is 2. The number of ether oxygens (including phenoxy) is 1. The highest BCUT2D eigenvalue weighted by Crippen LogP contribution is 2.13. The summed E-state index contributed by atoms with van der Waals surface area (Å²) in [6.07, 6.45) is 1.34. The number of nitrogens with zero attached hydrogens (tertiary/aromatic N) is 2. The van der Waals surface area contributed by atoms with Gasteiger partial charge >= 0.3 is 5.97 Å². The Morgan fingerprint density at radius 1 is 1.27 bits per heavy atom. The minimum atomic E-state index is -3.55. The summed E-state index contributed by atoms with van der Waals surface area (Å²) in [6.45, 7) is 1.69. The summed E-state index contributed by atoms with van der Waals surface area (Å²) < 4.78 is 30.9. The Morgan fingerprint density at radius 2 is 2.00 bits per heavy atom. The molecule has 1 aromatic carbocycles. The molecule has 2 aromatic heterocycles. The number of benzene rings is 1. The van der Waals surface area contributed by atoms with E-state index in [2.05, 4.69) is 4.98 Å². The number of carbonyl (C=O) groups is 1. The summed E-state index contributed by atoms with van der Waals surface area (Å²) in [5.74, 6) is -0.997. The predicted octanol–water partition coefficient (Wildman–Crippen LogP) is 1.97. The van der Waals surface area contributed by atoms with Crippen LogP contribution in [0.3, 0.4) is 0 Å². The SMILES string of the molecule is Cc1ccc(S(=O)(=O)CCC(=O)OCc2cc(=O)n3ccsc3n2)cc1. The molecule has 0 aliphatic rings. The predicted molar refractivity (Wildman–Crippen MR) is 97.0 cm³/mol. The van der Waals surface area contributed by atoms with Crippen molar-refractivity contribution in [2.45, 2.75) is 24.8 Å². The summed E-state index contributed by atoms with van der Waals surface area (Å²) in [4.78, 5) is 28.6. The standard InChI is InChI=1S/C17H16N2O5S2/c1-12-2-4-14(5-3-12)26(22,23)9-6-16(21)24-11-13-10-15(20)19-7-8-25-17(19)18-13/h2-5,7-8,10H,6,9,11H2,1H3. The Morgan fingerprint density at radius 3 is 2.73 bits per heavy atom. The van der Waals surface area contributed by atoms with E-state index in [0.29, 0.717) is 10.7 Å². The first-order valence-corrected chi connectivity index (χ1v) is 10.3. The summed E-state index contributed by atoms with van der Waals surface area (Å²) in [5, 5.41) is 1.73. The quantitative estimate of drug-likeness (QED) is 0.595. The molecule has 0 aliphatic carbocycles. The first kappa shape index (κ1) is 18.3. The molecule has 2 heterocycles. The smallest absolute Gasteiger partial charge is 0.307 e. The highest BCUT2D eigenvalue weighted by Gasteiger charge is 2.17. The van der Waals surface area contributed by atoms with Crippen LogP contribution in [0.2, 0.25) is 0 Å². The fourth-order valence-electron chi connectivity index (χ4n) is 2.27. The van der Waals surface area contributed by atoms with Gasteiger partial charge in [0.25, 0.3) is 5.56 Å². The number of rotatable bonds is 6. The van der Waals surface area contributed by atoms with Crippen molar-refractivity contribution in [3.05, 3.63) is 63.5 Å². The molecule has 0 radical (unpaired) electrons. The molecule has 136 valence electrons. The van der Waals surface area contributed by atoms with Crippen LogP contribution in [-0.4, -0.2) is 29.5 Å². The van der Waals surface area contributed by atoms with E-state index in [-0.39, 0.29) is 29.2 Å². The lowest BCUT2D eigenvalue weighted by Crippen LogP contribution is -2.16. The van der Waals surface area contributed by atoms with Crippen LogP contribution in [-0.2, 0) is 26.0 Å². The maximum Gasteiger partial charge on any atom is 0.307 e. The zero-order valence-electron chi connectivity index (χ0n) is 13.9. The molecule has 3 aromatic rings. The monoisotopic (exact) mass is 392 g/mol. The molecule has 0 unspecified atom stereocenters. The molecule has 0 fully saturated rings. The van der Waals surface area contributed by atoms with E-state index in [1.807, 2.05) is 6.92 Å². The number of carbonyl (C=O) groups excluding carboxylic acids is 1. The highest BCUT2D eigenvalue weighted by atomic mass is 32.2. The summed E-state index contributed by atoms with van der Waals surface area (Å²) in [6, 6.07) is 7.73. The molecule has 0 saturated carbocycles. The number of esters is 1. The van der Waals surface area contributed by atoms with E-state index in [9.17, 15) is 18.0 Å². The van der Waals surface area contributed by atoms with E-state index in [1.165, 1.54) is 33.9 Å². The van der Waals surface area contributed by atoms with Crippen LogP contribution in [0.25, 0.3) is 4.96 Å². The minimum absolute atomic E-state index is 0.174. The maximum atomic E-state index is 12.2. The lowest BCUT2D eigenvalue weighted by atomic mass is 10.2. The van der Waals surface area contributed by atoms with Crippen molar-refractivity contribution < 1.29 is 17.9 Å². The molecule has 26 heavy (non-hydrogen) atoms. The Labute approximate surface area is 153 Å². The van der Waals surface area contributed by atoms with Crippen molar-refractivity contribution in [1.82, 2.24) is 9.38 Å². The largest absolute Gasteiger partial charge is 0.459 e. The van der Waals surface area contributed by atoms with Crippen LogP contribution in [0.5, 0.6) is 0 Å². The van der Waals surface area contributed by atoms with Gasteiger partial charge in [-0.2, -0.15) is 0 Å². The average Bonchev–Trinajstić information content (AvgIpc) is 3.08. The number of thiazole rings is 1. The molecule has 9 heteroatoms. The zero-order chi connectivity index (χ0) is 18.7. The second kappa shape index (κ2) is 7.38. The fraction of sp³-hybridized carbons (Fsp3) is 0.235. The number of hydrogen-bond acceptors (Lipinski definition) is 7. The van der Waals surface area contributed by atoms with Gasteiger partial charge in [0, 0.05) is 17.6 Å². The third-order valence-electron chi connectivity index (χ3n) is 3.69. The van der Waals surface area contributed by atoms with Gasteiger partial charge in [0.15, 0.2) is 14.8 Å². The lowest BCUT2D eigenvalue weighted by molar-refractivity contribution is -0.144. The van der Waals surface area contributed by atoms with Crippen molar-refractivity contribution in [3.63, 3.8) is 0 Å². The van der Waals surface area contributed by atoms with Crippen LogP contribution in [0.1, 0.15) is 17.7 Å². The Balaban J connectivity index is 1.58. The Bertz CT molecular complexity index is 1100. The molecule has 7 nitrogen and oxygen atoms in total. The van der Waals surface area contributed by atoms with E-state index in [1.54, 1.807) is 23.7 Å². The summed E-state index contributed by atoms with van der Waals surface area (Å²) in [5.41, 5.74) is 1.02. The number of sulfone groups is 1. The van der Waals surface area contributed by atoms with Crippen LogP contribution in [0.15, 0.2) is 51.6 Å². The second-order valence-electron chi connectivity index (χ2n) is 5.68. The molecular formula is C17H16N2O5S2. The molecule has 0 bridgehead atoms. The Hall–Kier alpha value is -2.52. The topological polar surface area (TPSA) is 94.8 Å². The molecule has 0 aliphatic heterocycles. The highest BCUT2D eigenvalue weighted by molar-refractivity contribution is 7.91. The number of hydrogen-bond donors (Lipinski definition) is 0. The van der Waals surface area contributed by atoms with Gasteiger partial charge in [0.1, 0.15) is 6.61 Å². The fourth-order valence-corrected chi connectivity index (χ4v) is 4.23. The van der Waals surface area contributed by atoms with Gasteiger partial charge in [-0.25, -0.2) is 13.4 Å². The summed E-state index contributed by atoms with van der Waals surface area (Å²) in [7, 11) is -3.55. The molecule has 0 saturated heterocycles. The van der Waals surface area contributed by atoms with Gasteiger partial charge in [0.05, 0.1) is 22.8 Å². The maximum absolute atomic E-state index is 12.2. The van der Waals surface area contributed by atoms with E-state index in [4.69, 9.17) is 4.74 Å². The molecule has 0 spiro atoms. The zero-order valence-corrected chi connectivity index (χ0v) is 15.5. The van der Waals surface area contributed by atoms with Crippen molar-refractivity contribution in [2.75, 3.05) is 5.75 Å². The van der Waals surface area contributed by atoms with Gasteiger partial charge < -0.3 is 4.74 Å². The van der Waals surface area contributed by atoms with Gasteiger partial charge in [-0.15, -0.1) is 11.3 Å². The third-order valence-corrected chi connectivity index (χ3v) is 6.18. The van der Waals surface area contributed by atoms with Gasteiger partial charge in [-0.3, -0.25) is 14.0 Å². The molecular weight excluding hydrogens is 376 g/mol. The Kier molecular flexibility index (Phi) is 5.19. The van der Waals surface area contributed by atoms with Crippen molar-refractivity contribution >= 4 is 32.1 Å². The minimum Gasteiger partial charge on any atom is -0.459 e. The van der Waals surface area contributed by atoms with E-state index < -0.39 is 15.8 Å². The van der Waals surface area contributed by atoms with Crippen LogP contribution in [0.4, 0.5) is 0 Å². The van der Waals surface area contributed by atoms with E-state index >= 15 is 0 Å². The van der Waals surface area contributed by atoms with Crippen LogP contribution >= 0.6 is 11.3 Å². The van der Waals surface area contributed by atoms with Crippen molar-refractivity contribution in [1.29, 1.82) is 0 Å². The second-order valence-corrected chi connectivity index (χ2v) is 8.67. The normalized spacial score (nSPS) is 11.6. The first-order valence-electron chi connectivity index (χ1n) is 7.76. The number of fused-ring (bicyclic) bond motifs is 1. The van der Waals surface area contributed by atoms with Crippen LogP contribution < -0.4 is 5.56 Å². The molecule has 0 N–H and O–H groups in total. The van der Waals surface area contributed by atoms with Crippen LogP contribution in [0, 0.1) is 6.92 Å². The third kappa shape index (κ3) is 4.17. The van der Waals surface area contributed by atoms with Crippen molar-refractivity contribution in [3.8, 4) is 0 Å². The molecule has 0 amide bonds. The van der Waals surface area contributed by atoms with Gasteiger partial charge in [0.2, 0.25) is 0 Å². The number of aryl methyl sites for hydroxylation is 1. The molecule has 3 rings (SSSR count). The van der Waals surface area contributed by atoms with Crippen molar-refractivity contribution in [2.24, 2.45) is 0 Å². The molecule has 0 atom stereocenters.